The van der Waals surface area contributed by atoms with Crippen molar-refractivity contribution in [2.75, 3.05) is 0 Å². The quantitative estimate of drug-likeness (QED) is 0.167. The third-order valence-corrected chi connectivity index (χ3v) is 10.2. The number of aromatic nitrogens is 4. The number of para-hydroxylation sites is 2. The summed E-state index contributed by atoms with van der Waals surface area (Å²) in [7, 11) is 0. The molecule has 0 spiro atoms. The third kappa shape index (κ3) is 5.67. The van der Waals surface area contributed by atoms with E-state index in [1.165, 1.54) is 16.3 Å². The fourth-order valence-electron chi connectivity index (χ4n) is 7.54. The summed E-state index contributed by atoms with van der Waals surface area (Å²) in [6, 6.07) is 70.5. The highest BCUT2D eigenvalue weighted by Crippen LogP contribution is 2.37. The van der Waals surface area contributed by atoms with Crippen molar-refractivity contribution in [2.45, 2.75) is 0 Å². The molecule has 0 unspecified atom stereocenters. The van der Waals surface area contributed by atoms with Gasteiger partial charge in [0.15, 0.2) is 5.82 Å². The zero-order chi connectivity index (χ0) is 35.8. The molecule has 0 saturated heterocycles. The molecule has 3 aromatic heterocycles. The Morgan fingerprint density at radius 2 is 0.852 bits per heavy atom. The van der Waals surface area contributed by atoms with Crippen LogP contribution in [0.1, 0.15) is 0 Å². The second kappa shape index (κ2) is 13.4. The van der Waals surface area contributed by atoms with Gasteiger partial charge in [-0.25, -0.2) is 9.97 Å². The fourth-order valence-corrected chi connectivity index (χ4v) is 7.54. The number of fused-ring (bicyclic) bond motifs is 3. The topological polar surface area (TPSA) is 35.6 Å². The van der Waals surface area contributed by atoms with Crippen molar-refractivity contribution >= 4 is 21.9 Å². The van der Waals surface area contributed by atoms with Crippen LogP contribution in [-0.2, 0) is 0 Å². The summed E-state index contributed by atoms with van der Waals surface area (Å²) >= 11 is 0. The molecule has 0 aliphatic heterocycles. The average Bonchev–Trinajstić information content (AvgIpc) is 3.83. The van der Waals surface area contributed by atoms with Crippen LogP contribution >= 0.6 is 0 Å². The van der Waals surface area contributed by atoms with Crippen molar-refractivity contribution in [1.82, 2.24) is 19.1 Å². The number of hydrogen-bond donors (Lipinski definition) is 0. The van der Waals surface area contributed by atoms with Crippen molar-refractivity contribution < 1.29 is 0 Å². The van der Waals surface area contributed by atoms with E-state index < -0.39 is 0 Å². The third-order valence-electron chi connectivity index (χ3n) is 10.2. The van der Waals surface area contributed by atoms with Crippen LogP contribution in [0.2, 0.25) is 0 Å². The lowest BCUT2D eigenvalue weighted by atomic mass is 9.94. The van der Waals surface area contributed by atoms with Crippen LogP contribution in [-0.4, -0.2) is 19.1 Å². The molecule has 54 heavy (non-hydrogen) atoms. The van der Waals surface area contributed by atoms with Gasteiger partial charge in [0.2, 0.25) is 0 Å². The molecule has 4 nitrogen and oxygen atoms in total. The molecule has 0 aliphatic rings. The van der Waals surface area contributed by atoms with E-state index in [0.717, 1.165) is 67.4 Å². The molecule has 0 N–H and O–H groups in total. The zero-order valence-corrected chi connectivity index (χ0v) is 29.4. The van der Waals surface area contributed by atoms with E-state index in [1.807, 2.05) is 24.3 Å². The van der Waals surface area contributed by atoms with E-state index in [0.29, 0.717) is 5.82 Å². The fraction of sp³-hybridized carbons (Fsp3) is 0. The Labute approximate surface area is 313 Å². The first-order valence-electron chi connectivity index (χ1n) is 18.2. The van der Waals surface area contributed by atoms with Crippen LogP contribution in [0.3, 0.4) is 0 Å². The molecule has 0 atom stereocenters. The minimum atomic E-state index is 0.702. The van der Waals surface area contributed by atoms with Crippen molar-refractivity contribution in [3.8, 4) is 67.5 Å². The Hall–Kier alpha value is -7.30. The maximum atomic E-state index is 5.19. The molecule has 3 heterocycles. The van der Waals surface area contributed by atoms with E-state index in [4.69, 9.17) is 9.97 Å². The van der Waals surface area contributed by atoms with Gasteiger partial charge < -0.3 is 4.57 Å². The molecule has 10 rings (SSSR count). The van der Waals surface area contributed by atoms with Gasteiger partial charge in [-0.1, -0.05) is 140 Å². The summed E-state index contributed by atoms with van der Waals surface area (Å²) in [5.41, 5.74) is 13.9. The van der Waals surface area contributed by atoms with Crippen LogP contribution in [0.15, 0.2) is 206 Å². The second-order valence-electron chi connectivity index (χ2n) is 13.5. The van der Waals surface area contributed by atoms with Gasteiger partial charge >= 0.3 is 0 Å². The van der Waals surface area contributed by atoms with E-state index >= 15 is 0 Å². The number of nitrogens with zero attached hydrogens (tertiary/aromatic N) is 4. The lowest BCUT2D eigenvalue weighted by Gasteiger charge is -2.14. The predicted molar refractivity (Wildman–Crippen MR) is 223 cm³/mol. The van der Waals surface area contributed by atoms with Crippen LogP contribution in [0.4, 0.5) is 0 Å². The first kappa shape index (κ1) is 31.4. The summed E-state index contributed by atoms with van der Waals surface area (Å²) in [6.45, 7) is 0. The van der Waals surface area contributed by atoms with Gasteiger partial charge in [-0.2, -0.15) is 0 Å². The molecule has 0 bridgehead atoms. The minimum Gasteiger partial charge on any atom is -0.302 e. The van der Waals surface area contributed by atoms with E-state index in [2.05, 4.69) is 191 Å². The molecule has 0 saturated carbocycles. The summed E-state index contributed by atoms with van der Waals surface area (Å²) in [5, 5.41) is 2.47. The zero-order valence-electron chi connectivity index (χ0n) is 29.4. The SMILES string of the molecule is c1ccc(-c2cc(-c3ccc(-n4c5ccccc5c5ccn(-c6ccccc6)c54)cc3)cc(-c3cc(-c4ccccc4)nc(-c4ccccc4)n3)c2)cc1. The van der Waals surface area contributed by atoms with Crippen molar-refractivity contribution in [3.63, 3.8) is 0 Å². The van der Waals surface area contributed by atoms with Gasteiger partial charge in [0, 0.05) is 45.0 Å². The van der Waals surface area contributed by atoms with E-state index in [9.17, 15) is 0 Å². The van der Waals surface area contributed by atoms with Crippen LogP contribution in [0, 0.1) is 0 Å². The predicted octanol–water partition coefficient (Wildman–Crippen LogP) is 12.7. The molecular weight excluding hydrogens is 657 g/mol. The van der Waals surface area contributed by atoms with Crippen LogP contribution in [0.5, 0.6) is 0 Å². The first-order chi connectivity index (χ1) is 26.8. The highest BCUT2D eigenvalue weighted by Gasteiger charge is 2.18. The van der Waals surface area contributed by atoms with Gasteiger partial charge in [0.1, 0.15) is 5.65 Å². The Kier molecular flexibility index (Phi) is 7.77. The monoisotopic (exact) mass is 690 g/mol. The van der Waals surface area contributed by atoms with Crippen LogP contribution < -0.4 is 0 Å². The van der Waals surface area contributed by atoms with Gasteiger partial charge in [-0.05, 0) is 82.9 Å². The smallest absolute Gasteiger partial charge is 0.160 e. The number of benzene rings is 7. The second-order valence-corrected chi connectivity index (χ2v) is 13.5. The Balaban J connectivity index is 1.13. The maximum Gasteiger partial charge on any atom is 0.160 e. The molecule has 0 radical (unpaired) electrons. The average molecular weight is 691 g/mol. The molecule has 0 aliphatic carbocycles. The lowest BCUT2D eigenvalue weighted by Crippen LogP contribution is -2.00. The molecular formula is C50H34N4. The Bertz CT molecular complexity index is 2830. The minimum absolute atomic E-state index is 0.702. The van der Waals surface area contributed by atoms with E-state index in [-0.39, 0.29) is 0 Å². The first-order valence-corrected chi connectivity index (χ1v) is 18.2. The molecule has 4 heteroatoms. The maximum absolute atomic E-state index is 5.19. The molecule has 10 aromatic rings. The van der Waals surface area contributed by atoms with Crippen molar-refractivity contribution in [2.24, 2.45) is 0 Å². The van der Waals surface area contributed by atoms with Crippen molar-refractivity contribution in [1.29, 1.82) is 0 Å². The summed E-state index contributed by atoms with van der Waals surface area (Å²) in [4.78, 5) is 10.2. The molecule has 254 valence electrons. The number of rotatable bonds is 7. The standard InChI is InChI=1S/C50H34N4/c1-5-15-35(16-6-1)39-31-40(33-41(32-39)47-34-46(37-17-7-2-8-18-37)51-49(52-47)38-19-9-3-10-20-38)36-25-27-43(28-26-36)54-48-24-14-13-23-44(48)45-29-30-53(50(45)54)42-21-11-4-12-22-42/h1-34H. The highest BCUT2D eigenvalue weighted by molar-refractivity contribution is 6.09. The van der Waals surface area contributed by atoms with Gasteiger partial charge in [0.25, 0.3) is 0 Å². The molecule has 7 aromatic carbocycles. The Morgan fingerprint density at radius 1 is 0.333 bits per heavy atom. The Morgan fingerprint density at radius 3 is 1.52 bits per heavy atom. The summed E-state index contributed by atoms with van der Waals surface area (Å²) in [5.74, 6) is 0.702. The lowest BCUT2D eigenvalue weighted by molar-refractivity contribution is 1.04. The summed E-state index contributed by atoms with van der Waals surface area (Å²) < 4.78 is 4.67. The van der Waals surface area contributed by atoms with Crippen LogP contribution in [0.25, 0.3) is 89.5 Å². The van der Waals surface area contributed by atoms with E-state index in [1.54, 1.807) is 0 Å². The largest absolute Gasteiger partial charge is 0.302 e. The molecule has 0 fully saturated rings. The normalized spacial score (nSPS) is 11.3. The summed E-state index contributed by atoms with van der Waals surface area (Å²) in [6.07, 6.45) is 2.17. The number of hydrogen-bond acceptors (Lipinski definition) is 2. The van der Waals surface area contributed by atoms with Gasteiger partial charge in [-0.15, -0.1) is 0 Å². The van der Waals surface area contributed by atoms with Crippen molar-refractivity contribution in [3.05, 3.63) is 206 Å². The van der Waals surface area contributed by atoms with Gasteiger partial charge in [0.05, 0.1) is 16.9 Å². The molecule has 0 amide bonds. The highest BCUT2D eigenvalue weighted by atomic mass is 15.1. The van der Waals surface area contributed by atoms with Gasteiger partial charge in [-0.3, -0.25) is 4.57 Å².